The second-order valence-corrected chi connectivity index (χ2v) is 7.22. The van der Waals surface area contributed by atoms with Crippen LogP contribution in [0.1, 0.15) is 10.6 Å². The second-order valence-electron chi connectivity index (χ2n) is 6.13. The number of aryl methyl sites for hydroxylation is 2. The number of halogens is 3. The molecule has 4 rings (SSSR count). The number of fused-ring (bicyclic) bond motifs is 2. The number of aliphatic carboxylic acids is 1. The first-order valence-corrected chi connectivity index (χ1v) is 8.97. The van der Waals surface area contributed by atoms with Crippen LogP contribution in [0.2, 0.25) is 0 Å². The van der Waals surface area contributed by atoms with Gasteiger partial charge >= 0.3 is 5.97 Å². The Balaban J connectivity index is 1.66. The molecular formula is C19H13F3N2O2S. The minimum atomic E-state index is -1.26. The molecule has 0 spiro atoms. The second kappa shape index (κ2) is 6.70. The van der Waals surface area contributed by atoms with Gasteiger partial charge < -0.3 is 9.67 Å². The Hall–Kier alpha value is -2.87. The number of para-hydroxylation sites is 1. The fraction of sp³-hybridized carbons (Fsp3) is 0.158. The van der Waals surface area contributed by atoms with E-state index in [1.807, 2.05) is 24.3 Å². The van der Waals surface area contributed by atoms with E-state index in [0.29, 0.717) is 23.9 Å². The molecule has 0 aliphatic carbocycles. The summed E-state index contributed by atoms with van der Waals surface area (Å²) in [6, 6.07) is 7.96. The number of benzene rings is 2. The Kier molecular flexibility index (Phi) is 4.35. The van der Waals surface area contributed by atoms with Gasteiger partial charge in [0.25, 0.3) is 0 Å². The SMILES string of the molecule is O=C(O)Cn1cc(CCc2nc3c(F)c(F)cc(F)c3s2)c2ccccc21. The maximum absolute atomic E-state index is 13.8. The number of carboxylic acid groups (broad SMARTS) is 1. The minimum absolute atomic E-state index is 0.00259. The first-order valence-electron chi connectivity index (χ1n) is 8.15. The van der Waals surface area contributed by atoms with Crippen molar-refractivity contribution in [1.29, 1.82) is 0 Å². The molecule has 0 aliphatic rings. The van der Waals surface area contributed by atoms with Gasteiger partial charge in [0.1, 0.15) is 17.9 Å². The van der Waals surface area contributed by atoms with Gasteiger partial charge in [-0.2, -0.15) is 0 Å². The lowest BCUT2D eigenvalue weighted by Crippen LogP contribution is -2.07. The molecule has 0 aliphatic heterocycles. The van der Waals surface area contributed by atoms with Crippen LogP contribution >= 0.6 is 11.3 Å². The van der Waals surface area contributed by atoms with E-state index in [4.69, 9.17) is 5.11 Å². The van der Waals surface area contributed by atoms with Crippen molar-refractivity contribution in [1.82, 2.24) is 9.55 Å². The summed E-state index contributed by atoms with van der Waals surface area (Å²) in [5.74, 6) is -4.17. The average molecular weight is 390 g/mol. The van der Waals surface area contributed by atoms with Gasteiger partial charge in [0.15, 0.2) is 11.6 Å². The number of carbonyl (C=O) groups is 1. The molecule has 0 amide bonds. The Labute approximate surface area is 155 Å². The molecule has 0 bridgehead atoms. The topological polar surface area (TPSA) is 55.1 Å². The summed E-state index contributed by atoms with van der Waals surface area (Å²) in [6.07, 6.45) is 2.69. The van der Waals surface area contributed by atoms with Gasteiger partial charge in [-0.3, -0.25) is 4.79 Å². The third kappa shape index (κ3) is 3.16. The smallest absolute Gasteiger partial charge is 0.323 e. The van der Waals surface area contributed by atoms with Crippen molar-refractivity contribution in [2.75, 3.05) is 0 Å². The highest BCUT2D eigenvalue weighted by molar-refractivity contribution is 7.18. The van der Waals surface area contributed by atoms with E-state index in [0.717, 1.165) is 27.8 Å². The lowest BCUT2D eigenvalue weighted by Gasteiger charge is -1.99. The molecule has 2 heterocycles. The summed E-state index contributed by atoms with van der Waals surface area (Å²) >= 11 is 0.995. The first-order chi connectivity index (χ1) is 12.9. The van der Waals surface area contributed by atoms with E-state index in [1.54, 1.807) is 10.8 Å². The van der Waals surface area contributed by atoms with Crippen molar-refractivity contribution in [2.24, 2.45) is 0 Å². The van der Waals surface area contributed by atoms with Crippen molar-refractivity contribution in [2.45, 2.75) is 19.4 Å². The zero-order valence-electron chi connectivity index (χ0n) is 13.9. The lowest BCUT2D eigenvalue weighted by atomic mass is 10.1. The zero-order valence-corrected chi connectivity index (χ0v) is 14.7. The van der Waals surface area contributed by atoms with Crippen LogP contribution in [0.3, 0.4) is 0 Å². The number of rotatable bonds is 5. The van der Waals surface area contributed by atoms with Crippen molar-refractivity contribution in [3.8, 4) is 0 Å². The largest absolute Gasteiger partial charge is 0.480 e. The third-order valence-corrected chi connectivity index (χ3v) is 5.47. The monoisotopic (exact) mass is 390 g/mol. The highest BCUT2D eigenvalue weighted by Crippen LogP contribution is 2.30. The molecule has 2 aromatic heterocycles. The minimum Gasteiger partial charge on any atom is -0.480 e. The summed E-state index contributed by atoms with van der Waals surface area (Å²) < 4.78 is 42.7. The van der Waals surface area contributed by atoms with Crippen molar-refractivity contribution in [3.63, 3.8) is 0 Å². The fourth-order valence-corrected chi connectivity index (χ4v) is 4.14. The van der Waals surface area contributed by atoms with Gasteiger partial charge in [0.05, 0.1) is 9.71 Å². The predicted octanol–water partition coefficient (Wildman–Crippen LogP) is 4.54. The average Bonchev–Trinajstić information content (AvgIpc) is 3.20. The summed E-state index contributed by atoms with van der Waals surface area (Å²) in [7, 11) is 0. The van der Waals surface area contributed by atoms with Gasteiger partial charge in [0.2, 0.25) is 0 Å². The molecule has 0 unspecified atom stereocenters. The van der Waals surface area contributed by atoms with Gasteiger partial charge in [-0.1, -0.05) is 18.2 Å². The number of carboxylic acids is 1. The van der Waals surface area contributed by atoms with Gasteiger partial charge in [-0.25, -0.2) is 18.2 Å². The molecule has 0 atom stereocenters. The van der Waals surface area contributed by atoms with E-state index < -0.39 is 23.4 Å². The van der Waals surface area contributed by atoms with Crippen molar-refractivity contribution < 1.29 is 23.1 Å². The van der Waals surface area contributed by atoms with Crippen LogP contribution < -0.4 is 0 Å². The molecule has 0 fully saturated rings. The molecule has 1 N–H and O–H groups in total. The number of thiazole rings is 1. The van der Waals surface area contributed by atoms with Crippen LogP contribution in [0.15, 0.2) is 36.5 Å². The van der Waals surface area contributed by atoms with Crippen LogP contribution in [0.5, 0.6) is 0 Å². The molecule has 0 radical (unpaired) electrons. The van der Waals surface area contributed by atoms with E-state index >= 15 is 0 Å². The first kappa shape index (κ1) is 17.5. The van der Waals surface area contributed by atoms with Crippen LogP contribution in [0.4, 0.5) is 13.2 Å². The number of aromatic nitrogens is 2. The Morgan fingerprint density at radius 2 is 1.93 bits per heavy atom. The van der Waals surface area contributed by atoms with Gasteiger partial charge in [-0.05, 0) is 18.1 Å². The van der Waals surface area contributed by atoms with E-state index in [-0.39, 0.29) is 16.8 Å². The van der Waals surface area contributed by atoms with Crippen LogP contribution in [-0.4, -0.2) is 20.6 Å². The molecule has 4 aromatic rings. The molecule has 2 aromatic carbocycles. The Bertz CT molecular complexity index is 1180. The summed E-state index contributed by atoms with van der Waals surface area (Å²) in [4.78, 5) is 15.1. The predicted molar refractivity (Wildman–Crippen MR) is 96.5 cm³/mol. The third-order valence-electron chi connectivity index (χ3n) is 4.34. The highest BCUT2D eigenvalue weighted by Gasteiger charge is 2.18. The zero-order chi connectivity index (χ0) is 19.1. The Morgan fingerprint density at radius 1 is 1.15 bits per heavy atom. The summed E-state index contributed by atoms with van der Waals surface area (Å²) in [6.45, 7) is -0.155. The number of hydrogen-bond donors (Lipinski definition) is 1. The molecule has 0 saturated carbocycles. The maximum atomic E-state index is 13.8. The molecular weight excluding hydrogens is 377 g/mol. The fourth-order valence-electron chi connectivity index (χ4n) is 3.18. The summed E-state index contributed by atoms with van der Waals surface area (Å²) in [5.41, 5.74) is 1.43. The molecule has 4 nitrogen and oxygen atoms in total. The van der Waals surface area contributed by atoms with E-state index in [1.165, 1.54) is 0 Å². The van der Waals surface area contributed by atoms with E-state index in [9.17, 15) is 18.0 Å². The molecule has 8 heteroatoms. The quantitative estimate of drug-likeness (QED) is 0.509. The van der Waals surface area contributed by atoms with Gasteiger partial charge in [0, 0.05) is 29.6 Å². The molecule has 0 saturated heterocycles. The van der Waals surface area contributed by atoms with Gasteiger partial charge in [-0.15, -0.1) is 11.3 Å². The number of hydrogen-bond acceptors (Lipinski definition) is 3. The highest BCUT2D eigenvalue weighted by atomic mass is 32.1. The van der Waals surface area contributed by atoms with Crippen LogP contribution in [0.25, 0.3) is 21.1 Å². The Morgan fingerprint density at radius 3 is 2.70 bits per heavy atom. The lowest BCUT2D eigenvalue weighted by molar-refractivity contribution is -0.137. The maximum Gasteiger partial charge on any atom is 0.323 e. The van der Waals surface area contributed by atoms with E-state index in [2.05, 4.69) is 4.98 Å². The van der Waals surface area contributed by atoms with Crippen LogP contribution in [0, 0.1) is 17.5 Å². The van der Waals surface area contributed by atoms with Crippen LogP contribution in [-0.2, 0) is 24.2 Å². The summed E-state index contributed by atoms with van der Waals surface area (Å²) in [5, 5.41) is 10.5. The molecule has 138 valence electrons. The standard InChI is InChI=1S/C19H13F3N2O2S/c20-12-7-13(21)19-18(17(12)22)23-15(27-19)6-5-10-8-24(9-16(25)26)14-4-2-1-3-11(10)14/h1-4,7-8H,5-6,9H2,(H,25,26). The molecule has 27 heavy (non-hydrogen) atoms. The normalized spacial score (nSPS) is 11.5. The number of nitrogens with zero attached hydrogens (tertiary/aromatic N) is 2. The van der Waals surface area contributed by atoms with Crippen molar-refractivity contribution >= 4 is 38.4 Å². The van der Waals surface area contributed by atoms with Crippen molar-refractivity contribution in [3.05, 3.63) is 64.6 Å².